The molecule has 0 bridgehead atoms. The Morgan fingerprint density at radius 1 is 1.41 bits per heavy atom. The molecule has 17 heavy (non-hydrogen) atoms. The van der Waals surface area contributed by atoms with Crippen molar-refractivity contribution in [3.05, 3.63) is 29.3 Å². The third-order valence-electron chi connectivity index (χ3n) is 2.06. The summed E-state index contributed by atoms with van der Waals surface area (Å²) in [5.41, 5.74) is 4.36. The van der Waals surface area contributed by atoms with Crippen molar-refractivity contribution in [2.75, 3.05) is 6.61 Å². The molecule has 1 aromatic rings. The van der Waals surface area contributed by atoms with Crippen LogP contribution in [0, 0.1) is 5.41 Å². The van der Waals surface area contributed by atoms with Gasteiger partial charge in [-0.05, 0) is 24.6 Å². The average Bonchev–Trinajstić information content (AvgIpc) is 2.24. The largest absolute Gasteiger partial charge is 0.493 e. The highest BCUT2D eigenvalue weighted by molar-refractivity contribution is 5.97. The maximum absolute atomic E-state index is 12.5. The number of nitrogen functional groups attached to an aromatic ring is 1. The van der Waals surface area contributed by atoms with Crippen LogP contribution < -0.4 is 10.5 Å². The first kappa shape index (κ1) is 13.3. The van der Waals surface area contributed by atoms with Crippen molar-refractivity contribution in [3.63, 3.8) is 0 Å². The molecule has 0 fully saturated rings. The Kier molecular flexibility index (Phi) is 3.98. The van der Waals surface area contributed by atoms with Crippen LogP contribution in [0.1, 0.15) is 24.5 Å². The van der Waals surface area contributed by atoms with Gasteiger partial charge in [0.05, 0.1) is 17.7 Å². The Morgan fingerprint density at radius 2 is 2.06 bits per heavy atom. The van der Waals surface area contributed by atoms with E-state index in [1.54, 1.807) is 0 Å². The van der Waals surface area contributed by atoms with E-state index in [0.717, 1.165) is 18.6 Å². The second-order valence-electron chi connectivity index (χ2n) is 3.47. The maximum Gasteiger partial charge on any atom is 0.416 e. The van der Waals surface area contributed by atoms with Crippen LogP contribution in [0.25, 0.3) is 0 Å². The number of halogens is 3. The first-order valence-corrected chi connectivity index (χ1v) is 5.04. The number of benzene rings is 1. The fourth-order valence-corrected chi connectivity index (χ4v) is 1.25. The fraction of sp³-hybridized carbons (Fsp3) is 0.364. The molecule has 0 saturated heterocycles. The topological polar surface area (TPSA) is 59.1 Å². The van der Waals surface area contributed by atoms with Crippen LogP contribution in [0.5, 0.6) is 5.75 Å². The highest BCUT2D eigenvalue weighted by Gasteiger charge is 2.31. The molecule has 0 spiro atoms. The Hall–Kier alpha value is -1.72. The summed E-state index contributed by atoms with van der Waals surface area (Å²) in [6.07, 6.45) is -3.73. The van der Waals surface area contributed by atoms with E-state index in [-0.39, 0.29) is 11.3 Å². The van der Waals surface area contributed by atoms with Crippen LogP contribution in [-0.4, -0.2) is 12.4 Å². The summed E-state index contributed by atoms with van der Waals surface area (Å²) < 4.78 is 42.6. The number of nitrogens with two attached hydrogens (primary N) is 1. The van der Waals surface area contributed by atoms with Crippen molar-refractivity contribution in [2.45, 2.75) is 19.5 Å². The second kappa shape index (κ2) is 5.07. The zero-order valence-corrected chi connectivity index (χ0v) is 9.27. The van der Waals surface area contributed by atoms with Crippen LogP contribution >= 0.6 is 0 Å². The molecule has 94 valence electrons. The maximum atomic E-state index is 12.5. The summed E-state index contributed by atoms with van der Waals surface area (Å²) in [6, 6.07) is 2.93. The van der Waals surface area contributed by atoms with Gasteiger partial charge in [0.15, 0.2) is 0 Å². The van der Waals surface area contributed by atoms with E-state index in [1.165, 1.54) is 6.07 Å². The lowest BCUT2D eigenvalue weighted by atomic mass is 10.1. The van der Waals surface area contributed by atoms with Gasteiger partial charge >= 0.3 is 6.18 Å². The Labute approximate surface area is 96.9 Å². The summed E-state index contributed by atoms with van der Waals surface area (Å²) in [5, 5.41) is 7.24. The lowest BCUT2D eigenvalue weighted by Gasteiger charge is -2.13. The number of hydrogen-bond donors (Lipinski definition) is 2. The Balaban J connectivity index is 3.13. The summed E-state index contributed by atoms with van der Waals surface area (Å²) in [5.74, 6) is -0.241. The van der Waals surface area contributed by atoms with Crippen molar-refractivity contribution in [1.29, 1.82) is 5.41 Å². The Morgan fingerprint density at radius 3 is 2.53 bits per heavy atom. The number of nitrogens with one attached hydrogen (secondary N) is 1. The Bertz CT molecular complexity index is 416. The number of rotatable bonds is 4. The third kappa shape index (κ3) is 3.37. The molecule has 0 aliphatic rings. The van der Waals surface area contributed by atoms with Gasteiger partial charge in [-0.3, -0.25) is 5.41 Å². The SMILES string of the molecule is CCCOc1ccc(C(F)(F)F)cc1C(=N)N. The van der Waals surface area contributed by atoms with Gasteiger partial charge < -0.3 is 10.5 Å². The molecular formula is C11H13F3N2O. The van der Waals surface area contributed by atoms with E-state index in [9.17, 15) is 13.2 Å². The minimum atomic E-state index is -4.45. The van der Waals surface area contributed by atoms with Crippen molar-refractivity contribution in [3.8, 4) is 5.75 Å². The lowest BCUT2D eigenvalue weighted by Crippen LogP contribution is -2.15. The fourth-order valence-electron chi connectivity index (χ4n) is 1.25. The monoisotopic (exact) mass is 246 g/mol. The molecule has 0 unspecified atom stereocenters. The predicted molar refractivity (Wildman–Crippen MR) is 58.2 cm³/mol. The van der Waals surface area contributed by atoms with Gasteiger partial charge in [0.2, 0.25) is 0 Å². The second-order valence-corrected chi connectivity index (χ2v) is 3.47. The molecule has 0 amide bonds. The van der Waals surface area contributed by atoms with Crippen molar-refractivity contribution in [1.82, 2.24) is 0 Å². The average molecular weight is 246 g/mol. The molecular weight excluding hydrogens is 233 g/mol. The van der Waals surface area contributed by atoms with Gasteiger partial charge in [0, 0.05) is 0 Å². The summed E-state index contributed by atoms with van der Waals surface area (Å²) in [6.45, 7) is 2.24. The van der Waals surface area contributed by atoms with Crippen LogP contribution in [0.2, 0.25) is 0 Å². The minimum Gasteiger partial charge on any atom is -0.493 e. The van der Waals surface area contributed by atoms with Crippen LogP contribution in [-0.2, 0) is 6.18 Å². The van der Waals surface area contributed by atoms with Gasteiger partial charge in [-0.1, -0.05) is 6.92 Å². The molecule has 0 atom stereocenters. The van der Waals surface area contributed by atoms with Crippen LogP contribution in [0.3, 0.4) is 0 Å². The molecule has 0 aliphatic heterocycles. The van der Waals surface area contributed by atoms with E-state index in [2.05, 4.69) is 0 Å². The normalized spacial score (nSPS) is 11.3. The highest BCUT2D eigenvalue weighted by atomic mass is 19.4. The van der Waals surface area contributed by atoms with E-state index >= 15 is 0 Å². The quantitative estimate of drug-likeness (QED) is 0.634. The van der Waals surface area contributed by atoms with Gasteiger partial charge in [-0.15, -0.1) is 0 Å². The van der Waals surface area contributed by atoms with Crippen molar-refractivity contribution < 1.29 is 17.9 Å². The summed E-state index contributed by atoms with van der Waals surface area (Å²) in [4.78, 5) is 0. The number of amidine groups is 1. The molecule has 3 nitrogen and oxygen atoms in total. The molecule has 1 rings (SSSR count). The van der Waals surface area contributed by atoms with E-state index in [0.29, 0.717) is 6.61 Å². The first-order chi connectivity index (χ1) is 7.86. The van der Waals surface area contributed by atoms with Gasteiger partial charge in [0.1, 0.15) is 11.6 Å². The summed E-state index contributed by atoms with van der Waals surface area (Å²) in [7, 11) is 0. The van der Waals surface area contributed by atoms with Crippen LogP contribution in [0.15, 0.2) is 18.2 Å². The van der Waals surface area contributed by atoms with Gasteiger partial charge in [-0.25, -0.2) is 0 Å². The van der Waals surface area contributed by atoms with E-state index in [1.807, 2.05) is 6.92 Å². The molecule has 1 aromatic carbocycles. The molecule has 0 saturated carbocycles. The van der Waals surface area contributed by atoms with Gasteiger partial charge in [-0.2, -0.15) is 13.2 Å². The van der Waals surface area contributed by atoms with E-state index in [4.69, 9.17) is 15.9 Å². The third-order valence-corrected chi connectivity index (χ3v) is 2.06. The minimum absolute atomic E-state index is 0.0340. The summed E-state index contributed by atoms with van der Waals surface area (Å²) >= 11 is 0. The van der Waals surface area contributed by atoms with E-state index < -0.39 is 17.6 Å². The van der Waals surface area contributed by atoms with Crippen molar-refractivity contribution in [2.24, 2.45) is 5.73 Å². The zero-order valence-electron chi connectivity index (χ0n) is 9.27. The van der Waals surface area contributed by atoms with Crippen molar-refractivity contribution >= 4 is 5.84 Å². The lowest BCUT2D eigenvalue weighted by molar-refractivity contribution is -0.137. The standard InChI is InChI=1S/C11H13F3N2O/c1-2-5-17-9-4-3-7(11(12,13)14)6-8(9)10(15)16/h3-4,6H,2,5H2,1H3,(H3,15,16). The number of ether oxygens (including phenoxy) is 1. The number of hydrogen-bond acceptors (Lipinski definition) is 2. The molecule has 3 N–H and O–H groups in total. The molecule has 6 heteroatoms. The molecule has 0 aliphatic carbocycles. The molecule has 0 radical (unpaired) electrons. The van der Waals surface area contributed by atoms with Crippen LogP contribution in [0.4, 0.5) is 13.2 Å². The first-order valence-electron chi connectivity index (χ1n) is 5.04. The zero-order chi connectivity index (χ0) is 13.1. The smallest absolute Gasteiger partial charge is 0.416 e. The number of alkyl halides is 3. The van der Waals surface area contributed by atoms with Gasteiger partial charge in [0.25, 0.3) is 0 Å². The highest BCUT2D eigenvalue weighted by Crippen LogP contribution is 2.32. The predicted octanol–water partition coefficient (Wildman–Crippen LogP) is 2.78. The molecule has 0 aromatic heterocycles. The molecule has 0 heterocycles.